The molecule has 1 heterocycles. The van der Waals surface area contributed by atoms with Crippen LogP contribution in [0.5, 0.6) is 0 Å². The predicted molar refractivity (Wildman–Crippen MR) is 84.5 cm³/mol. The first-order valence-corrected chi connectivity index (χ1v) is 8.59. The van der Waals surface area contributed by atoms with Crippen LogP contribution in [-0.4, -0.2) is 13.4 Å². The van der Waals surface area contributed by atoms with Gasteiger partial charge in [-0.25, -0.2) is 18.1 Å². The van der Waals surface area contributed by atoms with E-state index in [1.165, 1.54) is 11.3 Å². The number of thiazole rings is 1. The minimum atomic E-state index is -3.60. The summed E-state index contributed by atoms with van der Waals surface area (Å²) in [5.74, 6) is 0. The second-order valence-corrected chi connectivity index (χ2v) is 7.20. The van der Waals surface area contributed by atoms with Gasteiger partial charge < -0.3 is 5.73 Å². The standard InChI is InChI=1S/C14H13N3O2S2/c15-11-4-5-12-10(8-11)2-1-3-13(12)21(18,19)17-9-14-16-6-7-20-14/h1-8,17H,9,15H2. The van der Waals surface area contributed by atoms with Crippen molar-refractivity contribution in [2.45, 2.75) is 11.4 Å². The minimum absolute atomic E-state index is 0.186. The van der Waals surface area contributed by atoms with E-state index in [4.69, 9.17) is 5.73 Å². The van der Waals surface area contributed by atoms with Crippen LogP contribution in [0, 0.1) is 0 Å². The maximum absolute atomic E-state index is 12.5. The van der Waals surface area contributed by atoms with Gasteiger partial charge in [0.15, 0.2) is 0 Å². The van der Waals surface area contributed by atoms with E-state index in [1.807, 2.05) is 11.4 Å². The largest absolute Gasteiger partial charge is 0.399 e. The summed E-state index contributed by atoms with van der Waals surface area (Å²) in [5.41, 5.74) is 6.34. The number of sulfonamides is 1. The highest BCUT2D eigenvalue weighted by Gasteiger charge is 2.17. The number of hydrogen-bond acceptors (Lipinski definition) is 5. The number of rotatable bonds is 4. The smallest absolute Gasteiger partial charge is 0.241 e. The molecule has 5 nitrogen and oxygen atoms in total. The Hall–Kier alpha value is -1.96. The number of nitrogens with zero attached hydrogens (tertiary/aromatic N) is 1. The maximum atomic E-state index is 12.5. The molecule has 0 aliphatic carbocycles. The van der Waals surface area contributed by atoms with Crippen LogP contribution in [0.3, 0.4) is 0 Å². The second-order valence-electron chi connectivity index (χ2n) is 4.49. The highest BCUT2D eigenvalue weighted by Crippen LogP contribution is 2.24. The molecule has 0 atom stereocenters. The highest BCUT2D eigenvalue weighted by atomic mass is 32.2. The van der Waals surface area contributed by atoms with E-state index in [1.54, 1.807) is 36.5 Å². The van der Waals surface area contributed by atoms with E-state index < -0.39 is 10.0 Å². The van der Waals surface area contributed by atoms with E-state index in [2.05, 4.69) is 9.71 Å². The molecule has 0 fully saturated rings. The first-order valence-electron chi connectivity index (χ1n) is 6.22. The number of fused-ring (bicyclic) bond motifs is 1. The summed E-state index contributed by atoms with van der Waals surface area (Å²) < 4.78 is 27.5. The van der Waals surface area contributed by atoms with Crippen LogP contribution in [0.1, 0.15) is 5.01 Å². The van der Waals surface area contributed by atoms with Crippen molar-refractivity contribution in [3.63, 3.8) is 0 Å². The fourth-order valence-corrected chi connectivity index (χ4v) is 3.94. The van der Waals surface area contributed by atoms with Gasteiger partial charge in [0.05, 0.1) is 11.4 Å². The van der Waals surface area contributed by atoms with Crippen LogP contribution in [0.25, 0.3) is 10.8 Å². The number of benzene rings is 2. The lowest BCUT2D eigenvalue weighted by Crippen LogP contribution is -2.23. The molecular weight excluding hydrogens is 306 g/mol. The van der Waals surface area contributed by atoms with Crippen LogP contribution < -0.4 is 10.5 Å². The Balaban J connectivity index is 1.98. The number of nitrogens with two attached hydrogens (primary N) is 1. The van der Waals surface area contributed by atoms with Gasteiger partial charge in [-0.15, -0.1) is 11.3 Å². The molecule has 7 heteroatoms. The molecule has 0 unspecified atom stereocenters. The average molecular weight is 319 g/mol. The molecule has 0 saturated carbocycles. The zero-order valence-corrected chi connectivity index (χ0v) is 12.6. The summed E-state index contributed by atoms with van der Waals surface area (Å²) in [4.78, 5) is 4.31. The molecule has 3 rings (SSSR count). The third kappa shape index (κ3) is 2.90. The Kier molecular flexibility index (Phi) is 3.62. The molecule has 0 spiro atoms. The minimum Gasteiger partial charge on any atom is -0.399 e. The van der Waals surface area contributed by atoms with Crippen molar-refractivity contribution in [3.8, 4) is 0 Å². The number of aromatic nitrogens is 1. The van der Waals surface area contributed by atoms with E-state index >= 15 is 0 Å². The van der Waals surface area contributed by atoms with Gasteiger partial charge in [-0.05, 0) is 23.6 Å². The predicted octanol–water partition coefficient (Wildman–Crippen LogP) is 2.36. The van der Waals surface area contributed by atoms with Gasteiger partial charge in [0.2, 0.25) is 10.0 Å². The molecule has 21 heavy (non-hydrogen) atoms. The number of nitrogen functional groups attached to an aromatic ring is 1. The van der Waals surface area contributed by atoms with Gasteiger partial charge in [-0.1, -0.05) is 18.2 Å². The van der Waals surface area contributed by atoms with Gasteiger partial charge in [-0.3, -0.25) is 0 Å². The van der Waals surface area contributed by atoms with E-state index in [9.17, 15) is 8.42 Å². The topological polar surface area (TPSA) is 85.1 Å². The van der Waals surface area contributed by atoms with Crippen molar-refractivity contribution in [2.24, 2.45) is 0 Å². The summed E-state index contributed by atoms with van der Waals surface area (Å²) in [6.45, 7) is 0.186. The van der Waals surface area contributed by atoms with Crippen LogP contribution in [-0.2, 0) is 16.6 Å². The SMILES string of the molecule is Nc1ccc2c(S(=O)(=O)NCc3nccs3)cccc2c1. The van der Waals surface area contributed by atoms with Gasteiger partial charge in [0.25, 0.3) is 0 Å². The van der Waals surface area contributed by atoms with Gasteiger partial charge in [0.1, 0.15) is 5.01 Å². The first-order chi connectivity index (χ1) is 10.1. The van der Waals surface area contributed by atoms with Crippen molar-refractivity contribution >= 4 is 37.8 Å². The molecule has 3 N–H and O–H groups in total. The van der Waals surface area contributed by atoms with Crippen molar-refractivity contribution < 1.29 is 8.42 Å². The average Bonchev–Trinajstić information content (AvgIpc) is 2.97. The fraction of sp³-hybridized carbons (Fsp3) is 0.0714. The third-order valence-electron chi connectivity index (χ3n) is 3.05. The molecule has 2 aromatic carbocycles. The summed E-state index contributed by atoms with van der Waals surface area (Å²) in [7, 11) is -3.60. The first kappa shape index (κ1) is 14.0. The third-order valence-corrected chi connectivity index (χ3v) is 5.29. The van der Waals surface area contributed by atoms with E-state index in [0.717, 1.165) is 10.4 Å². The molecule has 3 aromatic rings. The van der Waals surface area contributed by atoms with Gasteiger partial charge in [0, 0.05) is 22.7 Å². The zero-order valence-electron chi connectivity index (χ0n) is 11.0. The molecule has 0 aliphatic rings. The summed E-state index contributed by atoms with van der Waals surface area (Å²) in [5, 5.41) is 3.98. The van der Waals surface area contributed by atoms with Crippen LogP contribution in [0.15, 0.2) is 52.9 Å². The molecular formula is C14H13N3O2S2. The van der Waals surface area contributed by atoms with E-state index in [-0.39, 0.29) is 11.4 Å². The van der Waals surface area contributed by atoms with Crippen LogP contribution in [0.2, 0.25) is 0 Å². The summed E-state index contributed by atoms with van der Waals surface area (Å²) >= 11 is 1.41. The Morgan fingerprint density at radius 2 is 2.10 bits per heavy atom. The number of hydrogen-bond donors (Lipinski definition) is 2. The monoisotopic (exact) mass is 319 g/mol. The van der Waals surface area contributed by atoms with Crippen molar-refractivity contribution in [2.75, 3.05) is 5.73 Å². The van der Waals surface area contributed by atoms with Crippen molar-refractivity contribution in [1.29, 1.82) is 0 Å². The highest BCUT2D eigenvalue weighted by molar-refractivity contribution is 7.89. The van der Waals surface area contributed by atoms with Gasteiger partial charge in [-0.2, -0.15) is 0 Å². The molecule has 108 valence electrons. The van der Waals surface area contributed by atoms with Crippen LogP contribution >= 0.6 is 11.3 Å². The van der Waals surface area contributed by atoms with Crippen molar-refractivity contribution in [3.05, 3.63) is 53.0 Å². The lowest BCUT2D eigenvalue weighted by molar-refractivity contribution is 0.582. The Morgan fingerprint density at radius 3 is 2.86 bits per heavy atom. The molecule has 1 aromatic heterocycles. The normalized spacial score (nSPS) is 11.8. The Bertz CT molecular complexity index is 874. The zero-order chi connectivity index (χ0) is 14.9. The van der Waals surface area contributed by atoms with E-state index in [0.29, 0.717) is 11.1 Å². The molecule has 0 aliphatic heterocycles. The lowest BCUT2D eigenvalue weighted by atomic mass is 10.1. The fourth-order valence-electron chi connectivity index (χ4n) is 2.08. The van der Waals surface area contributed by atoms with Gasteiger partial charge >= 0.3 is 0 Å². The molecule has 0 amide bonds. The quantitative estimate of drug-likeness (QED) is 0.723. The summed E-state index contributed by atoms with van der Waals surface area (Å²) in [6, 6.07) is 10.3. The molecule has 0 bridgehead atoms. The number of nitrogens with one attached hydrogen (secondary N) is 1. The maximum Gasteiger partial charge on any atom is 0.241 e. The van der Waals surface area contributed by atoms with Crippen LogP contribution in [0.4, 0.5) is 5.69 Å². The molecule has 0 radical (unpaired) electrons. The summed E-state index contributed by atoms with van der Waals surface area (Å²) in [6.07, 6.45) is 1.65. The molecule has 0 saturated heterocycles. The lowest BCUT2D eigenvalue weighted by Gasteiger charge is -2.09. The number of anilines is 1. The Morgan fingerprint density at radius 1 is 1.24 bits per heavy atom. The second kappa shape index (κ2) is 5.44. The Labute approximate surface area is 126 Å². The van der Waals surface area contributed by atoms with Crippen molar-refractivity contribution in [1.82, 2.24) is 9.71 Å².